The Morgan fingerprint density at radius 1 is 0.537 bits per heavy atom. The molecule has 1 fully saturated rings. The lowest BCUT2D eigenvalue weighted by molar-refractivity contribution is 0.00578. The smallest absolute Gasteiger partial charge is 0.399 e. The quantitative estimate of drug-likeness (QED) is 0.205. The van der Waals surface area contributed by atoms with Crippen LogP contribution in [-0.4, -0.2) is 18.3 Å². The van der Waals surface area contributed by atoms with Crippen LogP contribution in [-0.2, 0) is 14.7 Å². The van der Waals surface area contributed by atoms with E-state index in [4.69, 9.17) is 9.31 Å². The highest BCUT2D eigenvalue weighted by Gasteiger charge is 2.52. The van der Waals surface area contributed by atoms with E-state index >= 15 is 0 Å². The van der Waals surface area contributed by atoms with Gasteiger partial charge in [-0.3, -0.25) is 0 Å². The molecule has 6 aromatic rings. The molecular formula is C37H31BO2S. The number of hydrogen-bond acceptors (Lipinski definition) is 3. The van der Waals surface area contributed by atoms with Gasteiger partial charge in [0.05, 0.1) is 16.6 Å². The zero-order valence-corrected chi connectivity index (χ0v) is 24.6. The first-order valence-corrected chi connectivity index (χ1v) is 15.2. The van der Waals surface area contributed by atoms with Gasteiger partial charge in [0.1, 0.15) is 0 Å². The predicted octanol–water partition coefficient (Wildman–Crippen LogP) is 8.72. The zero-order chi connectivity index (χ0) is 28.0. The normalized spacial score (nSPS) is 18.1. The molecule has 0 bridgehead atoms. The molecule has 0 atom stereocenters. The summed E-state index contributed by atoms with van der Waals surface area (Å²) in [6.45, 7) is 8.42. The van der Waals surface area contributed by atoms with Gasteiger partial charge in [0.25, 0.3) is 0 Å². The molecule has 0 unspecified atom stereocenters. The number of fused-ring (bicyclic) bond motifs is 6. The summed E-state index contributed by atoms with van der Waals surface area (Å²) < 4.78 is 15.4. The molecule has 2 aliphatic rings. The second kappa shape index (κ2) is 8.66. The van der Waals surface area contributed by atoms with Crippen molar-refractivity contribution in [3.8, 4) is 11.1 Å². The van der Waals surface area contributed by atoms with Crippen molar-refractivity contribution >= 4 is 44.1 Å². The summed E-state index contributed by atoms with van der Waals surface area (Å²) in [5.74, 6) is 0. The fourth-order valence-electron chi connectivity index (χ4n) is 6.85. The third-order valence-electron chi connectivity index (χ3n) is 9.63. The minimum Gasteiger partial charge on any atom is -0.399 e. The second-order valence-electron chi connectivity index (χ2n) is 12.4. The van der Waals surface area contributed by atoms with Crippen LogP contribution in [0, 0.1) is 0 Å². The molecule has 2 nitrogen and oxygen atoms in total. The SMILES string of the molecule is CC1(C)OB(c2ccc(C3(c4ccc5sc6ccccc6c5c4)c4ccccc4-c4ccccc43)cc2)OC1(C)C. The Kier molecular flexibility index (Phi) is 5.29. The molecule has 200 valence electrons. The molecule has 1 aromatic heterocycles. The van der Waals surface area contributed by atoms with Crippen molar-refractivity contribution in [2.24, 2.45) is 0 Å². The van der Waals surface area contributed by atoms with Gasteiger partial charge in [-0.15, -0.1) is 11.3 Å². The molecule has 2 heterocycles. The number of hydrogen-bond donors (Lipinski definition) is 0. The average molecular weight is 551 g/mol. The molecule has 8 rings (SSSR count). The lowest BCUT2D eigenvalue weighted by Gasteiger charge is -2.34. The summed E-state index contributed by atoms with van der Waals surface area (Å²) in [5.41, 5.74) is 7.62. The maximum Gasteiger partial charge on any atom is 0.494 e. The van der Waals surface area contributed by atoms with Gasteiger partial charge in [-0.2, -0.15) is 0 Å². The van der Waals surface area contributed by atoms with E-state index < -0.39 is 5.41 Å². The standard InChI is InChI=1S/C37H31BO2S/c1-35(2)36(3,4)40-38(39-35)26-20-17-24(18-21-26)37(31-14-8-5-11-27(31)28-12-6-9-15-32(28)37)25-19-22-34-30(23-25)29-13-7-10-16-33(29)41-34/h5-23H,1-4H3. The van der Waals surface area contributed by atoms with Crippen molar-refractivity contribution in [1.29, 1.82) is 0 Å². The molecule has 41 heavy (non-hydrogen) atoms. The van der Waals surface area contributed by atoms with E-state index in [1.807, 2.05) is 11.3 Å². The molecule has 0 spiro atoms. The first kappa shape index (κ1) is 25.0. The van der Waals surface area contributed by atoms with E-state index in [0.29, 0.717) is 0 Å². The van der Waals surface area contributed by atoms with Crippen molar-refractivity contribution < 1.29 is 9.31 Å². The summed E-state index contributed by atoms with van der Waals surface area (Å²) in [7, 11) is -0.387. The van der Waals surface area contributed by atoms with Crippen LogP contribution in [0.2, 0.25) is 0 Å². The van der Waals surface area contributed by atoms with Crippen LogP contribution in [0.1, 0.15) is 49.9 Å². The highest BCUT2D eigenvalue weighted by molar-refractivity contribution is 7.25. The minimum absolute atomic E-state index is 0.375. The largest absolute Gasteiger partial charge is 0.494 e. The molecule has 0 amide bonds. The Labute approximate surface area is 245 Å². The Morgan fingerprint density at radius 2 is 1.07 bits per heavy atom. The Morgan fingerprint density at radius 3 is 1.73 bits per heavy atom. The molecule has 4 heteroatoms. The van der Waals surface area contributed by atoms with E-state index in [9.17, 15) is 0 Å². The summed E-state index contributed by atoms with van der Waals surface area (Å²) in [5, 5.41) is 2.64. The molecule has 0 radical (unpaired) electrons. The van der Waals surface area contributed by atoms with Crippen molar-refractivity contribution in [1.82, 2.24) is 0 Å². The van der Waals surface area contributed by atoms with Gasteiger partial charge in [-0.1, -0.05) is 97.1 Å². The molecular weight excluding hydrogens is 519 g/mol. The molecule has 1 saturated heterocycles. The van der Waals surface area contributed by atoms with Gasteiger partial charge in [0.2, 0.25) is 0 Å². The van der Waals surface area contributed by atoms with Crippen molar-refractivity contribution in [3.05, 3.63) is 138 Å². The first-order chi connectivity index (χ1) is 19.8. The van der Waals surface area contributed by atoms with Gasteiger partial charge in [0.15, 0.2) is 0 Å². The molecule has 0 N–H and O–H groups in total. The maximum absolute atomic E-state index is 6.40. The first-order valence-electron chi connectivity index (χ1n) is 14.4. The summed E-state index contributed by atoms with van der Waals surface area (Å²) in [6, 6.07) is 42.7. The van der Waals surface area contributed by atoms with E-state index in [-0.39, 0.29) is 18.3 Å². The van der Waals surface area contributed by atoms with Crippen LogP contribution >= 0.6 is 11.3 Å². The van der Waals surface area contributed by atoms with Crippen LogP contribution in [0.15, 0.2) is 115 Å². The Balaban J connectivity index is 1.37. The lowest BCUT2D eigenvalue weighted by atomic mass is 9.66. The fourth-order valence-corrected chi connectivity index (χ4v) is 7.94. The van der Waals surface area contributed by atoms with Crippen molar-refractivity contribution in [2.75, 3.05) is 0 Å². The second-order valence-corrected chi connectivity index (χ2v) is 13.4. The predicted molar refractivity (Wildman–Crippen MR) is 172 cm³/mol. The Bertz CT molecular complexity index is 1910. The van der Waals surface area contributed by atoms with Crippen molar-refractivity contribution in [3.63, 3.8) is 0 Å². The van der Waals surface area contributed by atoms with Gasteiger partial charge in [-0.05, 0) is 84.7 Å². The van der Waals surface area contributed by atoms with Crippen LogP contribution in [0.4, 0.5) is 0 Å². The van der Waals surface area contributed by atoms with E-state index in [1.54, 1.807) is 0 Å². The van der Waals surface area contributed by atoms with Gasteiger partial charge < -0.3 is 9.31 Å². The van der Waals surface area contributed by atoms with E-state index in [1.165, 1.54) is 53.6 Å². The van der Waals surface area contributed by atoms with Crippen LogP contribution in [0.3, 0.4) is 0 Å². The summed E-state index contributed by atoms with van der Waals surface area (Å²) in [4.78, 5) is 0. The van der Waals surface area contributed by atoms with Gasteiger partial charge >= 0.3 is 7.12 Å². The van der Waals surface area contributed by atoms with Crippen LogP contribution in [0.25, 0.3) is 31.3 Å². The van der Waals surface area contributed by atoms with E-state index in [0.717, 1.165) is 5.46 Å². The molecule has 5 aromatic carbocycles. The Hall–Kier alpha value is -3.70. The zero-order valence-electron chi connectivity index (χ0n) is 23.8. The van der Waals surface area contributed by atoms with Crippen LogP contribution in [0.5, 0.6) is 0 Å². The van der Waals surface area contributed by atoms with Gasteiger partial charge in [-0.25, -0.2) is 0 Å². The number of benzene rings is 5. The third-order valence-corrected chi connectivity index (χ3v) is 10.8. The van der Waals surface area contributed by atoms with Crippen molar-refractivity contribution in [2.45, 2.75) is 44.3 Å². The average Bonchev–Trinajstić information content (AvgIpc) is 3.58. The highest BCUT2D eigenvalue weighted by atomic mass is 32.1. The molecule has 1 aliphatic heterocycles. The summed E-state index contributed by atoms with van der Waals surface area (Å²) >= 11 is 1.87. The minimum atomic E-state index is -0.446. The summed E-state index contributed by atoms with van der Waals surface area (Å²) in [6.07, 6.45) is 0. The number of rotatable bonds is 3. The fraction of sp³-hybridized carbons (Fsp3) is 0.189. The number of thiophene rings is 1. The maximum atomic E-state index is 6.40. The highest BCUT2D eigenvalue weighted by Crippen LogP contribution is 2.56. The monoisotopic (exact) mass is 550 g/mol. The lowest BCUT2D eigenvalue weighted by Crippen LogP contribution is -2.41. The van der Waals surface area contributed by atoms with Crippen LogP contribution < -0.4 is 5.46 Å². The van der Waals surface area contributed by atoms with E-state index in [2.05, 4.69) is 143 Å². The topological polar surface area (TPSA) is 18.5 Å². The molecule has 0 saturated carbocycles. The van der Waals surface area contributed by atoms with Gasteiger partial charge in [0, 0.05) is 20.2 Å². The molecule has 1 aliphatic carbocycles. The third kappa shape index (κ3) is 3.45.